The number of aryl methyl sites for hydroxylation is 1. The summed E-state index contributed by atoms with van der Waals surface area (Å²) in [5.74, 6) is -1.58. The number of rotatable bonds is 6. The summed E-state index contributed by atoms with van der Waals surface area (Å²) < 4.78 is 39.4. The van der Waals surface area contributed by atoms with Crippen LogP contribution in [-0.2, 0) is 22.2 Å². The Morgan fingerprint density at radius 2 is 1.80 bits per heavy atom. The summed E-state index contributed by atoms with van der Waals surface area (Å²) in [6, 6.07) is 10.8. The van der Waals surface area contributed by atoms with Gasteiger partial charge in [0.15, 0.2) is 0 Å². The second kappa shape index (κ2) is 8.74. The highest BCUT2D eigenvalue weighted by Gasteiger charge is 2.39. The summed E-state index contributed by atoms with van der Waals surface area (Å²) in [5.41, 5.74) is -0.764. The van der Waals surface area contributed by atoms with Gasteiger partial charge in [0.05, 0.1) is 16.3 Å². The molecule has 0 aliphatic carbocycles. The van der Waals surface area contributed by atoms with Crippen LogP contribution in [0.5, 0.6) is 0 Å². The fourth-order valence-corrected chi connectivity index (χ4v) is 3.31. The lowest BCUT2D eigenvalue weighted by Crippen LogP contribution is -2.38. The number of carbonyl (C=O) groups is 3. The van der Waals surface area contributed by atoms with E-state index in [0.29, 0.717) is 17.7 Å². The van der Waals surface area contributed by atoms with Crippen molar-refractivity contribution in [3.8, 4) is 0 Å². The first-order chi connectivity index (χ1) is 14.2. The number of para-hydroxylation sites is 1. The average Bonchev–Trinajstić information content (AvgIpc) is 2.95. The van der Waals surface area contributed by atoms with Gasteiger partial charge < -0.3 is 10.6 Å². The van der Waals surface area contributed by atoms with Gasteiger partial charge in [-0.25, -0.2) is 4.79 Å². The molecule has 158 valence electrons. The maximum Gasteiger partial charge on any atom is 0.418 e. The number of anilines is 1. The molecule has 1 aliphatic heterocycles. The van der Waals surface area contributed by atoms with Gasteiger partial charge in [0.2, 0.25) is 5.91 Å². The van der Waals surface area contributed by atoms with Gasteiger partial charge in [0.1, 0.15) is 12.6 Å². The molecule has 1 saturated heterocycles. The lowest BCUT2D eigenvalue weighted by Gasteiger charge is -2.17. The van der Waals surface area contributed by atoms with Crippen LogP contribution < -0.4 is 10.6 Å². The Kier molecular flexibility index (Phi) is 6.31. The van der Waals surface area contributed by atoms with Crippen LogP contribution in [0.4, 0.5) is 23.7 Å². The van der Waals surface area contributed by atoms with Crippen LogP contribution in [0.25, 0.3) is 0 Å². The number of carbonyl (C=O) groups excluding carboxylic acids is 3. The third kappa shape index (κ3) is 4.91. The maximum absolute atomic E-state index is 13.1. The average molecular weight is 440 g/mol. The van der Waals surface area contributed by atoms with Crippen molar-refractivity contribution in [2.45, 2.75) is 25.1 Å². The third-order valence-electron chi connectivity index (χ3n) is 4.56. The number of benzene rings is 2. The fraction of sp³-hybridized carbons (Fsp3) is 0.250. The normalized spacial score (nSPS) is 16.5. The summed E-state index contributed by atoms with van der Waals surface area (Å²) in [6.07, 6.45) is -3.88. The van der Waals surface area contributed by atoms with Gasteiger partial charge in [0, 0.05) is 0 Å². The summed E-state index contributed by atoms with van der Waals surface area (Å²) in [5, 5.41) is 4.24. The van der Waals surface area contributed by atoms with Crippen LogP contribution in [0.3, 0.4) is 0 Å². The zero-order chi connectivity index (χ0) is 21.9. The predicted octanol–water partition coefficient (Wildman–Crippen LogP) is 3.85. The molecule has 0 spiro atoms. The Morgan fingerprint density at radius 1 is 1.10 bits per heavy atom. The van der Waals surface area contributed by atoms with Crippen molar-refractivity contribution in [1.29, 1.82) is 0 Å². The van der Waals surface area contributed by atoms with Crippen molar-refractivity contribution in [1.82, 2.24) is 10.2 Å². The number of amides is 4. The molecule has 6 nitrogen and oxygen atoms in total. The lowest BCUT2D eigenvalue weighted by molar-refractivity contribution is -0.137. The maximum atomic E-state index is 13.1. The molecular weight excluding hydrogens is 423 g/mol. The Morgan fingerprint density at radius 3 is 2.47 bits per heavy atom. The van der Waals surface area contributed by atoms with E-state index in [1.165, 1.54) is 6.07 Å². The number of hydrogen-bond acceptors (Lipinski definition) is 3. The molecule has 10 heteroatoms. The summed E-state index contributed by atoms with van der Waals surface area (Å²) >= 11 is 5.80. The van der Waals surface area contributed by atoms with E-state index in [-0.39, 0.29) is 5.02 Å². The quantitative estimate of drug-likeness (QED) is 0.671. The van der Waals surface area contributed by atoms with Crippen LogP contribution in [0.2, 0.25) is 5.02 Å². The predicted molar refractivity (Wildman–Crippen MR) is 104 cm³/mol. The highest BCUT2D eigenvalue weighted by molar-refractivity contribution is 6.34. The molecule has 0 saturated carbocycles. The molecule has 2 aromatic rings. The van der Waals surface area contributed by atoms with Crippen molar-refractivity contribution in [2.24, 2.45) is 0 Å². The molecule has 2 N–H and O–H groups in total. The molecule has 3 rings (SSSR count). The molecule has 1 heterocycles. The summed E-state index contributed by atoms with van der Waals surface area (Å²) in [4.78, 5) is 37.5. The smallest absolute Gasteiger partial charge is 0.326 e. The van der Waals surface area contributed by atoms with E-state index in [0.717, 1.165) is 17.7 Å². The largest absolute Gasteiger partial charge is 0.418 e. The minimum atomic E-state index is -4.74. The van der Waals surface area contributed by atoms with Gasteiger partial charge in [-0.1, -0.05) is 48.0 Å². The van der Waals surface area contributed by atoms with Crippen LogP contribution in [0.1, 0.15) is 17.5 Å². The topological polar surface area (TPSA) is 78.5 Å². The van der Waals surface area contributed by atoms with E-state index >= 15 is 0 Å². The van der Waals surface area contributed by atoms with E-state index in [1.54, 1.807) is 0 Å². The summed E-state index contributed by atoms with van der Waals surface area (Å²) in [7, 11) is 0. The molecule has 1 atom stereocenters. The number of nitrogens with zero attached hydrogens (tertiary/aromatic N) is 1. The van der Waals surface area contributed by atoms with Gasteiger partial charge in [-0.15, -0.1) is 0 Å². The van der Waals surface area contributed by atoms with Crippen molar-refractivity contribution < 1.29 is 27.6 Å². The first kappa shape index (κ1) is 21.6. The van der Waals surface area contributed by atoms with Crippen molar-refractivity contribution in [3.05, 3.63) is 64.7 Å². The van der Waals surface area contributed by atoms with Crippen molar-refractivity contribution in [3.63, 3.8) is 0 Å². The van der Waals surface area contributed by atoms with Crippen LogP contribution in [0.15, 0.2) is 48.5 Å². The second-order valence-electron chi connectivity index (χ2n) is 6.66. The first-order valence-electron chi connectivity index (χ1n) is 8.98. The number of alkyl halides is 3. The molecule has 0 aromatic heterocycles. The lowest BCUT2D eigenvalue weighted by atomic mass is 10.1. The van der Waals surface area contributed by atoms with E-state index < -0.39 is 47.9 Å². The second-order valence-corrected chi connectivity index (χ2v) is 7.07. The molecule has 30 heavy (non-hydrogen) atoms. The van der Waals surface area contributed by atoms with E-state index in [9.17, 15) is 27.6 Å². The van der Waals surface area contributed by atoms with Gasteiger partial charge in [-0.05, 0) is 30.5 Å². The Bertz CT molecular complexity index is 967. The number of nitrogens with one attached hydrogen (secondary N) is 2. The molecule has 1 aliphatic rings. The van der Waals surface area contributed by atoms with Crippen LogP contribution >= 0.6 is 11.6 Å². The molecule has 4 amide bonds. The molecule has 1 fully saturated rings. The van der Waals surface area contributed by atoms with Gasteiger partial charge in [0.25, 0.3) is 5.91 Å². The standard InChI is InChI=1S/C20H17ClF3N3O3/c21-14-8-4-7-13(20(22,23)24)17(14)26-16(28)11-27-18(29)15(25-19(27)30)10-9-12-5-2-1-3-6-12/h1-8,15H,9-11H2,(H,25,30)(H,26,28)/t15-/m1/s1. The molecule has 2 aromatic carbocycles. The Hall–Kier alpha value is -3.07. The first-order valence-corrected chi connectivity index (χ1v) is 9.36. The minimum Gasteiger partial charge on any atom is -0.326 e. The Labute approximate surface area is 175 Å². The fourth-order valence-electron chi connectivity index (χ4n) is 3.09. The number of imide groups is 1. The SMILES string of the molecule is O=C(CN1C(=O)N[C@H](CCc2ccccc2)C1=O)Nc1c(Cl)cccc1C(F)(F)F. The van der Waals surface area contributed by atoms with E-state index in [1.807, 2.05) is 30.3 Å². The Balaban J connectivity index is 1.65. The number of hydrogen-bond donors (Lipinski definition) is 2. The van der Waals surface area contributed by atoms with Gasteiger partial charge in [-0.3, -0.25) is 14.5 Å². The highest BCUT2D eigenvalue weighted by atomic mass is 35.5. The molecular formula is C20H17ClF3N3O3. The summed E-state index contributed by atoms with van der Waals surface area (Å²) in [6.45, 7) is -0.727. The van der Waals surface area contributed by atoms with Crippen LogP contribution in [-0.4, -0.2) is 35.3 Å². The van der Waals surface area contributed by atoms with Gasteiger partial charge >= 0.3 is 12.2 Å². The molecule has 0 unspecified atom stereocenters. The van der Waals surface area contributed by atoms with E-state index in [2.05, 4.69) is 10.6 Å². The number of urea groups is 1. The van der Waals surface area contributed by atoms with Crippen molar-refractivity contribution >= 4 is 35.1 Å². The zero-order valence-corrected chi connectivity index (χ0v) is 16.3. The minimum absolute atomic E-state index is 0.309. The molecule has 0 radical (unpaired) electrons. The van der Waals surface area contributed by atoms with Gasteiger partial charge in [-0.2, -0.15) is 13.2 Å². The zero-order valence-electron chi connectivity index (χ0n) is 15.5. The number of halogens is 4. The van der Waals surface area contributed by atoms with Crippen LogP contribution in [0, 0.1) is 0 Å². The molecule has 0 bridgehead atoms. The third-order valence-corrected chi connectivity index (χ3v) is 4.87. The monoisotopic (exact) mass is 439 g/mol. The van der Waals surface area contributed by atoms with E-state index in [4.69, 9.17) is 11.6 Å². The van der Waals surface area contributed by atoms with Crippen molar-refractivity contribution in [2.75, 3.05) is 11.9 Å². The highest BCUT2D eigenvalue weighted by Crippen LogP contribution is 2.38.